The number of pyridine rings is 1. The Labute approximate surface area is 205 Å². The van der Waals surface area contributed by atoms with Crippen LogP contribution in [0.1, 0.15) is 44.4 Å². The summed E-state index contributed by atoms with van der Waals surface area (Å²) < 4.78 is 6.55. The van der Waals surface area contributed by atoms with Crippen molar-refractivity contribution in [3.05, 3.63) is 94.4 Å². The van der Waals surface area contributed by atoms with Crippen LogP contribution in [0.5, 0.6) is 0 Å². The summed E-state index contributed by atoms with van der Waals surface area (Å²) >= 11 is 1.72. The summed E-state index contributed by atoms with van der Waals surface area (Å²) in [6.45, 7) is 11.2. The van der Waals surface area contributed by atoms with Crippen LogP contribution in [-0.2, 0) is 10.2 Å². The first-order valence-electron chi connectivity index (χ1n) is 12.0. The van der Waals surface area contributed by atoms with Crippen molar-refractivity contribution in [1.82, 2.24) is 4.98 Å². The Kier molecular flexibility index (Phi) is 4.82. The van der Waals surface area contributed by atoms with Crippen LogP contribution in [0.25, 0.3) is 38.0 Å². The molecular formula is C31H29NOS. The van der Waals surface area contributed by atoms with Gasteiger partial charge in [0.05, 0.1) is 5.69 Å². The van der Waals surface area contributed by atoms with E-state index in [4.69, 9.17) is 9.72 Å². The van der Waals surface area contributed by atoms with E-state index in [1.165, 1.54) is 32.9 Å². The lowest BCUT2D eigenvalue weighted by atomic mass is 9.82. The molecule has 2 atom stereocenters. The summed E-state index contributed by atoms with van der Waals surface area (Å²) in [7, 11) is 0. The maximum Gasteiger partial charge on any atom is 0.127 e. The van der Waals surface area contributed by atoms with Crippen LogP contribution < -0.4 is 0 Å². The van der Waals surface area contributed by atoms with Crippen LogP contribution in [-0.4, -0.2) is 11.1 Å². The quantitative estimate of drug-likeness (QED) is 0.297. The zero-order valence-corrected chi connectivity index (χ0v) is 21.2. The fraction of sp³-hybridized carbons (Fsp3) is 0.258. The predicted molar refractivity (Wildman–Crippen MR) is 145 cm³/mol. The van der Waals surface area contributed by atoms with Gasteiger partial charge in [-0.1, -0.05) is 63.3 Å². The van der Waals surface area contributed by atoms with Gasteiger partial charge in [0, 0.05) is 22.4 Å². The Morgan fingerprint density at radius 3 is 2.56 bits per heavy atom. The first kappa shape index (κ1) is 21.4. The number of aromatic nitrogens is 1. The Morgan fingerprint density at radius 1 is 0.971 bits per heavy atom. The number of benzene rings is 2. The van der Waals surface area contributed by atoms with Crippen molar-refractivity contribution in [1.29, 1.82) is 0 Å². The van der Waals surface area contributed by atoms with Crippen LogP contribution in [0.4, 0.5) is 0 Å². The van der Waals surface area contributed by atoms with E-state index in [0.29, 0.717) is 5.92 Å². The van der Waals surface area contributed by atoms with Gasteiger partial charge in [-0.2, -0.15) is 0 Å². The molecule has 1 aliphatic carbocycles. The molecule has 2 aliphatic rings. The zero-order chi connectivity index (χ0) is 23.6. The van der Waals surface area contributed by atoms with Gasteiger partial charge in [0.2, 0.25) is 0 Å². The molecule has 0 amide bonds. The minimum absolute atomic E-state index is 0.0319. The highest BCUT2D eigenvalue weighted by atomic mass is 32.1. The molecule has 34 heavy (non-hydrogen) atoms. The van der Waals surface area contributed by atoms with Crippen molar-refractivity contribution >= 4 is 38.1 Å². The smallest absolute Gasteiger partial charge is 0.127 e. The van der Waals surface area contributed by atoms with Crippen LogP contribution >= 0.6 is 11.3 Å². The SMILES string of the molecule is CC1=C(c2cc(-c3cc(C(C)(C)C)c4ccccc4c3)nc3scc(C)c23)OC2C=CC=CC12. The third-order valence-corrected chi connectivity index (χ3v) is 8.12. The molecule has 0 fully saturated rings. The normalized spacial score (nSPS) is 19.8. The Balaban J connectivity index is 1.60. The highest BCUT2D eigenvalue weighted by Crippen LogP contribution is 2.44. The molecule has 3 heteroatoms. The minimum Gasteiger partial charge on any atom is -0.485 e. The standard InChI is InChI=1S/C31H29NOS/c1-18-17-34-30-28(18)24(29-19(2)22-11-8-9-13-27(22)33-29)16-26(32-30)21-14-20-10-6-7-12-23(20)25(15-21)31(3,4)5/h6-17,22,27H,1-5H3. The number of thiophene rings is 1. The molecule has 0 radical (unpaired) electrons. The first-order chi connectivity index (χ1) is 16.3. The Morgan fingerprint density at radius 2 is 1.76 bits per heavy atom. The number of aryl methyl sites for hydroxylation is 1. The van der Waals surface area contributed by atoms with Gasteiger partial charge in [-0.25, -0.2) is 4.98 Å². The van der Waals surface area contributed by atoms with Crippen molar-refractivity contribution in [3.8, 4) is 11.3 Å². The molecule has 6 rings (SSSR count). The molecule has 2 unspecified atom stereocenters. The molecule has 170 valence electrons. The minimum atomic E-state index is 0.0319. The summed E-state index contributed by atoms with van der Waals surface area (Å²) in [5, 5.41) is 5.99. The molecule has 0 saturated heterocycles. The molecule has 0 saturated carbocycles. The summed E-state index contributed by atoms with van der Waals surface area (Å²) in [6.07, 6.45) is 8.72. The monoisotopic (exact) mass is 463 g/mol. The number of hydrogen-bond acceptors (Lipinski definition) is 3. The molecule has 2 nitrogen and oxygen atoms in total. The van der Waals surface area contributed by atoms with Crippen LogP contribution in [0, 0.1) is 12.8 Å². The molecule has 1 aliphatic heterocycles. The summed E-state index contributed by atoms with van der Waals surface area (Å²) in [6, 6.07) is 15.6. The number of rotatable bonds is 2. The van der Waals surface area contributed by atoms with E-state index in [-0.39, 0.29) is 11.5 Å². The number of ether oxygens (including phenoxy) is 1. The second kappa shape index (κ2) is 7.68. The second-order valence-corrected chi connectivity index (χ2v) is 11.4. The average Bonchev–Trinajstić information content (AvgIpc) is 3.37. The van der Waals surface area contributed by atoms with E-state index >= 15 is 0 Å². The van der Waals surface area contributed by atoms with Gasteiger partial charge in [0.25, 0.3) is 0 Å². The number of nitrogens with zero attached hydrogens (tertiary/aromatic N) is 1. The second-order valence-electron chi connectivity index (χ2n) is 10.5. The highest BCUT2D eigenvalue weighted by molar-refractivity contribution is 7.17. The van der Waals surface area contributed by atoms with E-state index in [0.717, 1.165) is 27.4 Å². The summed E-state index contributed by atoms with van der Waals surface area (Å²) in [5.74, 6) is 1.32. The van der Waals surface area contributed by atoms with Crippen LogP contribution in [0.3, 0.4) is 0 Å². The maximum absolute atomic E-state index is 6.55. The van der Waals surface area contributed by atoms with E-state index in [1.54, 1.807) is 11.3 Å². The van der Waals surface area contributed by atoms with Crippen molar-refractivity contribution in [3.63, 3.8) is 0 Å². The number of allylic oxidation sites excluding steroid dienone is 2. The Bertz CT molecular complexity index is 1540. The first-order valence-corrected chi connectivity index (χ1v) is 12.8. The average molecular weight is 464 g/mol. The summed E-state index contributed by atoms with van der Waals surface area (Å²) in [4.78, 5) is 6.23. The van der Waals surface area contributed by atoms with Gasteiger partial charge in [-0.15, -0.1) is 11.3 Å². The largest absolute Gasteiger partial charge is 0.485 e. The fourth-order valence-corrected chi connectivity index (χ4v) is 6.29. The van der Waals surface area contributed by atoms with Gasteiger partial charge in [0.15, 0.2) is 0 Å². The van der Waals surface area contributed by atoms with Gasteiger partial charge >= 0.3 is 0 Å². The van der Waals surface area contributed by atoms with E-state index in [2.05, 4.69) is 107 Å². The van der Waals surface area contributed by atoms with E-state index in [1.807, 2.05) is 0 Å². The van der Waals surface area contributed by atoms with Crippen LogP contribution in [0.2, 0.25) is 0 Å². The molecule has 0 spiro atoms. The lowest BCUT2D eigenvalue weighted by Gasteiger charge is -2.23. The van der Waals surface area contributed by atoms with Crippen molar-refractivity contribution < 1.29 is 4.74 Å². The third-order valence-electron chi connectivity index (χ3n) is 7.13. The van der Waals surface area contributed by atoms with Gasteiger partial charge in [-0.05, 0) is 76.4 Å². The predicted octanol–water partition coefficient (Wildman–Crippen LogP) is 8.59. The molecule has 2 aromatic carbocycles. The Hall–Kier alpha value is -3.17. The fourth-order valence-electron chi connectivity index (χ4n) is 5.34. The maximum atomic E-state index is 6.55. The van der Waals surface area contributed by atoms with Gasteiger partial charge in [0.1, 0.15) is 16.7 Å². The number of hydrogen-bond donors (Lipinski definition) is 0. The van der Waals surface area contributed by atoms with E-state index in [9.17, 15) is 0 Å². The molecular weight excluding hydrogens is 434 g/mol. The van der Waals surface area contributed by atoms with Crippen molar-refractivity contribution in [2.24, 2.45) is 5.92 Å². The van der Waals surface area contributed by atoms with E-state index < -0.39 is 0 Å². The third kappa shape index (κ3) is 3.33. The van der Waals surface area contributed by atoms with Gasteiger partial charge in [-0.3, -0.25) is 0 Å². The molecule has 4 aromatic rings. The summed E-state index contributed by atoms with van der Waals surface area (Å²) in [5.41, 5.74) is 7.26. The van der Waals surface area contributed by atoms with Crippen molar-refractivity contribution in [2.45, 2.75) is 46.1 Å². The highest BCUT2D eigenvalue weighted by Gasteiger charge is 2.34. The topological polar surface area (TPSA) is 22.1 Å². The molecule has 3 heterocycles. The lowest BCUT2D eigenvalue weighted by molar-refractivity contribution is 0.212. The lowest BCUT2D eigenvalue weighted by Crippen LogP contribution is -2.15. The van der Waals surface area contributed by atoms with Crippen molar-refractivity contribution in [2.75, 3.05) is 0 Å². The zero-order valence-electron chi connectivity index (χ0n) is 20.3. The molecule has 0 N–H and O–H groups in total. The van der Waals surface area contributed by atoms with Crippen LogP contribution in [0.15, 0.2) is 77.7 Å². The molecule has 2 aromatic heterocycles. The molecule has 0 bridgehead atoms. The number of fused-ring (bicyclic) bond motifs is 3. The van der Waals surface area contributed by atoms with Gasteiger partial charge < -0.3 is 4.74 Å².